The van der Waals surface area contributed by atoms with Crippen LogP contribution in [-0.2, 0) is 17.9 Å². The van der Waals surface area contributed by atoms with Crippen LogP contribution in [0.5, 0.6) is 0 Å². The van der Waals surface area contributed by atoms with Crippen molar-refractivity contribution in [3.8, 4) is 0 Å². The van der Waals surface area contributed by atoms with Crippen LogP contribution in [0.1, 0.15) is 15.9 Å². The maximum absolute atomic E-state index is 12.1. The highest BCUT2D eigenvalue weighted by Gasteiger charge is 2.11. The summed E-state index contributed by atoms with van der Waals surface area (Å²) in [5.41, 5.74) is 2.38. The van der Waals surface area contributed by atoms with Crippen LogP contribution in [0.3, 0.4) is 0 Å². The molecule has 0 aliphatic rings. The average Bonchev–Trinajstić information content (AvgIpc) is 2.91. The van der Waals surface area contributed by atoms with E-state index in [9.17, 15) is 9.59 Å². The van der Waals surface area contributed by atoms with Crippen molar-refractivity contribution in [1.82, 2.24) is 9.88 Å². The highest BCUT2D eigenvalue weighted by Crippen LogP contribution is 2.24. The minimum atomic E-state index is -0.113. The van der Waals surface area contributed by atoms with Crippen molar-refractivity contribution >= 4 is 34.7 Å². The number of carbonyl (C=O) groups excluding carboxylic acids is 2. The summed E-state index contributed by atoms with van der Waals surface area (Å²) in [6.45, 7) is 0.629. The summed E-state index contributed by atoms with van der Waals surface area (Å²) in [5.74, 6) is -0.113. The molecule has 2 aromatic carbocycles. The molecule has 0 saturated heterocycles. The molecule has 4 nitrogen and oxygen atoms in total. The lowest BCUT2D eigenvalue weighted by molar-refractivity contribution is -0.121. The second kappa shape index (κ2) is 6.67. The van der Waals surface area contributed by atoms with Crippen LogP contribution < -0.4 is 5.32 Å². The number of hydrogen-bond acceptors (Lipinski definition) is 2. The smallest absolute Gasteiger partial charge is 0.240 e. The third-order valence-electron chi connectivity index (χ3n) is 3.65. The first-order valence-electron chi connectivity index (χ1n) is 7.21. The topological polar surface area (TPSA) is 51.1 Å². The third kappa shape index (κ3) is 3.43. The first kappa shape index (κ1) is 15.3. The lowest BCUT2D eigenvalue weighted by Crippen LogP contribution is -2.26. The fourth-order valence-electron chi connectivity index (χ4n) is 2.53. The van der Waals surface area contributed by atoms with Gasteiger partial charge in [-0.15, -0.1) is 0 Å². The van der Waals surface area contributed by atoms with Gasteiger partial charge in [-0.3, -0.25) is 9.59 Å². The highest BCUT2D eigenvalue weighted by molar-refractivity contribution is 6.31. The fraction of sp³-hybridized carbons (Fsp3) is 0.111. The van der Waals surface area contributed by atoms with Gasteiger partial charge in [0.1, 0.15) is 6.54 Å². The summed E-state index contributed by atoms with van der Waals surface area (Å²) >= 11 is 5.98. The number of carbonyl (C=O) groups is 2. The first-order valence-corrected chi connectivity index (χ1v) is 7.59. The summed E-state index contributed by atoms with van der Waals surface area (Å²) in [6, 6.07) is 15.0. The second-order valence-electron chi connectivity index (χ2n) is 5.25. The Morgan fingerprint density at radius 3 is 2.70 bits per heavy atom. The van der Waals surface area contributed by atoms with E-state index in [0.717, 1.165) is 22.8 Å². The Bertz CT molecular complexity index is 856. The lowest BCUT2D eigenvalue weighted by atomic mass is 10.2. The molecule has 0 atom stereocenters. The van der Waals surface area contributed by atoms with Crippen LogP contribution >= 0.6 is 11.6 Å². The van der Waals surface area contributed by atoms with E-state index in [2.05, 4.69) is 5.32 Å². The molecule has 0 aliphatic carbocycles. The summed E-state index contributed by atoms with van der Waals surface area (Å²) in [7, 11) is 0. The van der Waals surface area contributed by atoms with Gasteiger partial charge in [-0.2, -0.15) is 0 Å². The monoisotopic (exact) mass is 326 g/mol. The normalized spacial score (nSPS) is 10.7. The number of fused-ring (bicyclic) bond motifs is 1. The van der Waals surface area contributed by atoms with Crippen LogP contribution in [-0.4, -0.2) is 16.8 Å². The SMILES string of the molecule is O=Cc1cn(CC(=O)NCc2ccccc2)c2ccc(Cl)cc12. The Balaban J connectivity index is 1.76. The van der Waals surface area contributed by atoms with Gasteiger partial charge in [-0.1, -0.05) is 41.9 Å². The molecule has 3 aromatic rings. The number of amides is 1. The standard InChI is InChI=1S/C18H15ClN2O2/c19-15-6-7-17-16(8-15)14(12-22)10-21(17)11-18(23)20-9-13-4-2-1-3-5-13/h1-8,10,12H,9,11H2,(H,20,23). The average molecular weight is 327 g/mol. The number of hydrogen-bond donors (Lipinski definition) is 1. The van der Waals surface area contributed by atoms with Crippen LogP contribution in [0.25, 0.3) is 10.9 Å². The Hall–Kier alpha value is -2.59. The summed E-state index contributed by atoms with van der Waals surface area (Å²) in [5, 5.41) is 4.19. The van der Waals surface area contributed by atoms with Gasteiger partial charge in [-0.05, 0) is 23.8 Å². The van der Waals surface area contributed by atoms with E-state index < -0.39 is 0 Å². The van der Waals surface area contributed by atoms with E-state index in [0.29, 0.717) is 17.1 Å². The van der Waals surface area contributed by atoms with Gasteiger partial charge < -0.3 is 9.88 Å². The maximum atomic E-state index is 12.1. The molecule has 0 unspecified atom stereocenters. The van der Waals surface area contributed by atoms with Crippen LogP contribution in [0, 0.1) is 0 Å². The molecule has 0 saturated carbocycles. The quantitative estimate of drug-likeness (QED) is 0.730. The molecule has 0 spiro atoms. The zero-order chi connectivity index (χ0) is 16.2. The van der Waals surface area contributed by atoms with Crippen molar-refractivity contribution in [3.63, 3.8) is 0 Å². The highest BCUT2D eigenvalue weighted by atomic mass is 35.5. The number of nitrogens with zero attached hydrogens (tertiary/aromatic N) is 1. The fourth-order valence-corrected chi connectivity index (χ4v) is 2.70. The third-order valence-corrected chi connectivity index (χ3v) is 3.88. The molecule has 1 heterocycles. The summed E-state index contributed by atoms with van der Waals surface area (Å²) < 4.78 is 1.76. The number of aldehydes is 1. The van der Waals surface area contributed by atoms with Crippen molar-refractivity contribution in [3.05, 3.63) is 70.9 Å². The van der Waals surface area contributed by atoms with E-state index in [-0.39, 0.29) is 12.5 Å². The van der Waals surface area contributed by atoms with Gasteiger partial charge in [0.05, 0.1) is 0 Å². The predicted octanol–water partition coefficient (Wildman–Crippen LogP) is 3.42. The summed E-state index contributed by atoms with van der Waals surface area (Å²) in [4.78, 5) is 23.3. The van der Waals surface area contributed by atoms with E-state index in [1.807, 2.05) is 36.4 Å². The number of halogens is 1. The molecule has 0 fully saturated rings. The number of aromatic nitrogens is 1. The maximum Gasteiger partial charge on any atom is 0.240 e. The first-order chi connectivity index (χ1) is 11.2. The molecule has 3 rings (SSSR count). The molecule has 116 valence electrons. The molecule has 1 aromatic heterocycles. The molecule has 0 bridgehead atoms. The Morgan fingerprint density at radius 1 is 1.17 bits per heavy atom. The van der Waals surface area contributed by atoms with Crippen molar-refractivity contribution in [1.29, 1.82) is 0 Å². The zero-order valence-electron chi connectivity index (χ0n) is 12.3. The van der Waals surface area contributed by atoms with Crippen molar-refractivity contribution < 1.29 is 9.59 Å². The van der Waals surface area contributed by atoms with Crippen LogP contribution in [0.2, 0.25) is 5.02 Å². The van der Waals surface area contributed by atoms with Crippen molar-refractivity contribution in [2.24, 2.45) is 0 Å². The molecule has 1 amide bonds. The van der Waals surface area contributed by atoms with Gasteiger partial charge >= 0.3 is 0 Å². The zero-order valence-corrected chi connectivity index (χ0v) is 13.1. The molecule has 1 N–H and O–H groups in total. The molecule has 5 heteroatoms. The molecule has 0 radical (unpaired) electrons. The molecule has 23 heavy (non-hydrogen) atoms. The largest absolute Gasteiger partial charge is 0.350 e. The molecular weight excluding hydrogens is 312 g/mol. The Morgan fingerprint density at radius 2 is 1.96 bits per heavy atom. The number of rotatable bonds is 5. The molecule has 0 aliphatic heterocycles. The minimum absolute atomic E-state index is 0.113. The van der Waals surface area contributed by atoms with E-state index in [1.54, 1.807) is 22.9 Å². The summed E-state index contributed by atoms with van der Waals surface area (Å²) in [6.07, 6.45) is 2.45. The van der Waals surface area contributed by atoms with Crippen molar-refractivity contribution in [2.75, 3.05) is 0 Å². The Labute approximate surface area is 138 Å². The van der Waals surface area contributed by atoms with Gasteiger partial charge in [0, 0.05) is 34.2 Å². The van der Waals surface area contributed by atoms with Gasteiger partial charge in [0.2, 0.25) is 5.91 Å². The van der Waals surface area contributed by atoms with E-state index >= 15 is 0 Å². The van der Waals surface area contributed by atoms with E-state index in [4.69, 9.17) is 11.6 Å². The predicted molar refractivity (Wildman–Crippen MR) is 90.6 cm³/mol. The van der Waals surface area contributed by atoms with Crippen LogP contribution in [0.15, 0.2) is 54.7 Å². The minimum Gasteiger partial charge on any atom is -0.350 e. The van der Waals surface area contributed by atoms with Crippen LogP contribution in [0.4, 0.5) is 0 Å². The second-order valence-corrected chi connectivity index (χ2v) is 5.69. The molecular formula is C18H15ClN2O2. The Kier molecular flexibility index (Phi) is 4.44. The van der Waals surface area contributed by atoms with E-state index in [1.165, 1.54) is 0 Å². The van der Waals surface area contributed by atoms with Gasteiger partial charge in [0.15, 0.2) is 6.29 Å². The number of nitrogens with one attached hydrogen (secondary N) is 1. The lowest BCUT2D eigenvalue weighted by Gasteiger charge is -2.07. The van der Waals surface area contributed by atoms with Gasteiger partial charge in [-0.25, -0.2) is 0 Å². The number of benzene rings is 2. The van der Waals surface area contributed by atoms with Gasteiger partial charge in [0.25, 0.3) is 0 Å². The van der Waals surface area contributed by atoms with Crippen molar-refractivity contribution in [2.45, 2.75) is 13.1 Å².